The molecule has 150 valence electrons. The Kier molecular flexibility index (Phi) is 7.42. The lowest BCUT2D eigenvalue weighted by atomic mass is 9.88. The Hall–Kier alpha value is -3.11. The fraction of sp³-hybridized carbons (Fsp3) is 0.240. The monoisotopic (exact) mass is 388 g/mol. The third-order valence-electron chi connectivity index (χ3n) is 4.74. The second kappa shape index (κ2) is 10.4. The molecule has 0 heterocycles. The van der Waals surface area contributed by atoms with E-state index >= 15 is 0 Å². The van der Waals surface area contributed by atoms with Crippen molar-refractivity contribution >= 4 is 11.6 Å². The zero-order valence-corrected chi connectivity index (χ0v) is 17.0. The summed E-state index contributed by atoms with van der Waals surface area (Å²) in [5.74, 6) is 0.811. The molecule has 4 nitrogen and oxygen atoms in total. The van der Waals surface area contributed by atoms with Crippen LogP contribution in [-0.2, 0) is 4.79 Å². The van der Waals surface area contributed by atoms with Crippen molar-refractivity contribution in [1.29, 1.82) is 0 Å². The zero-order valence-electron chi connectivity index (χ0n) is 17.0. The highest BCUT2D eigenvalue weighted by atomic mass is 16.5. The summed E-state index contributed by atoms with van der Waals surface area (Å²) in [6.07, 6.45) is 0.384. The molecule has 3 aromatic carbocycles. The maximum absolute atomic E-state index is 12.8. The molecule has 1 amide bonds. The fourth-order valence-corrected chi connectivity index (χ4v) is 3.18. The van der Waals surface area contributed by atoms with E-state index in [2.05, 4.69) is 34.5 Å². The lowest BCUT2D eigenvalue weighted by Crippen LogP contribution is -2.19. The van der Waals surface area contributed by atoms with E-state index in [0.29, 0.717) is 13.0 Å². The van der Waals surface area contributed by atoms with Gasteiger partial charge in [-0.2, -0.15) is 0 Å². The molecule has 0 bridgehead atoms. The van der Waals surface area contributed by atoms with Crippen LogP contribution in [0.4, 0.5) is 5.69 Å². The number of carbonyl (C=O) groups excluding carboxylic acids is 1. The number of likely N-dealkylation sites (N-methyl/N-ethyl adjacent to an activating group) is 1. The minimum absolute atomic E-state index is 0.0102. The lowest BCUT2D eigenvalue weighted by Gasteiger charge is -2.18. The molecular weight excluding hydrogens is 360 g/mol. The van der Waals surface area contributed by atoms with Gasteiger partial charge in [-0.05, 0) is 49.5 Å². The summed E-state index contributed by atoms with van der Waals surface area (Å²) in [7, 11) is 4.03. The predicted molar refractivity (Wildman–Crippen MR) is 118 cm³/mol. The van der Waals surface area contributed by atoms with Crippen LogP contribution >= 0.6 is 0 Å². The number of amides is 1. The van der Waals surface area contributed by atoms with Crippen LogP contribution in [0.3, 0.4) is 0 Å². The normalized spacial score (nSPS) is 10.9. The van der Waals surface area contributed by atoms with E-state index in [4.69, 9.17) is 4.74 Å². The first-order chi connectivity index (χ1) is 14.1. The summed E-state index contributed by atoms with van der Waals surface area (Å²) in [5.41, 5.74) is 3.05. The predicted octanol–water partition coefficient (Wildman–Crippen LogP) is 4.79. The number of hydrogen-bond donors (Lipinski definition) is 1. The van der Waals surface area contributed by atoms with E-state index in [1.807, 2.05) is 74.8 Å². The standard InChI is InChI=1S/C25H28N2O2/c1-27(2)17-18-29-23-15-13-22(14-16-23)26-25(28)19-24(20-9-5-3-6-10-20)21-11-7-4-8-12-21/h3-16,24H,17-19H2,1-2H3,(H,26,28). The molecule has 4 heteroatoms. The number of anilines is 1. The van der Waals surface area contributed by atoms with E-state index in [0.717, 1.165) is 29.1 Å². The summed E-state index contributed by atoms with van der Waals surface area (Å²) < 4.78 is 5.70. The maximum Gasteiger partial charge on any atom is 0.225 e. The summed E-state index contributed by atoms with van der Waals surface area (Å²) in [5, 5.41) is 3.01. The van der Waals surface area contributed by atoms with Crippen LogP contribution in [-0.4, -0.2) is 38.1 Å². The third kappa shape index (κ3) is 6.47. The van der Waals surface area contributed by atoms with Gasteiger partial charge in [-0.15, -0.1) is 0 Å². The molecule has 0 saturated carbocycles. The van der Waals surface area contributed by atoms with Crippen LogP contribution in [0, 0.1) is 0 Å². The molecule has 29 heavy (non-hydrogen) atoms. The summed E-state index contributed by atoms with van der Waals surface area (Å²) in [6.45, 7) is 1.49. The average Bonchev–Trinajstić information content (AvgIpc) is 2.74. The second-order valence-electron chi connectivity index (χ2n) is 7.30. The highest BCUT2D eigenvalue weighted by Gasteiger charge is 2.18. The maximum atomic E-state index is 12.8. The molecule has 0 spiro atoms. The van der Waals surface area contributed by atoms with Crippen molar-refractivity contribution in [2.45, 2.75) is 12.3 Å². The van der Waals surface area contributed by atoms with Gasteiger partial charge < -0.3 is 15.0 Å². The van der Waals surface area contributed by atoms with Gasteiger partial charge in [0.25, 0.3) is 0 Å². The van der Waals surface area contributed by atoms with Gasteiger partial charge in [-0.25, -0.2) is 0 Å². The SMILES string of the molecule is CN(C)CCOc1ccc(NC(=O)CC(c2ccccc2)c2ccccc2)cc1. The highest BCUT2D eigenvalue weighted by molar-refractivity contribution is 5.91. The van der Waals surface area contributed by atoms with Crippen molar-refractivity contribution in [2.75, 3.05) is 32.6 Å². The van der Waals surface area contributed by atoms with Gasteiger partial charge in [0.05, 0.1) is 0 Å². The number of nitrogens with one attached hydrogen (secondary N) is 1. The number of carbonyl (C=O) groups is 1. The first-order valence-corrected chi connectivity index (χ1v) is 9.89. The van der Waals surface area contributed by atoms with Crippen molar-refractivity contribution in [3.05, 3.63) is 96.1 Å². The van der Waals surface area contributed by atoms with Crippen LogP contribution < -0.4 is 10.1 Å². The van der Waals surface area contributed by atoms with Crippen LogP contribution in [0.5, 0.6) is 5.75 Å². The van der Waals surface area contributed by atoms with Gasteiger partial charge in [-0.3, -0.25) is 4.79 Å². The van der Waals surface area contributed by atoms with E-state index < -0.39 is 0 Å². The van der Waals surface area contributed by atoms with Crippen LogP contribution in [0.25, 0.3) is 0 Å². The summed E-state index contributed by atoms with van der Waals surface area (Å²) in [6, 6.07) is 27.9. The van der Waals surface area contributed by atoms with Crippen LogP contribution in [0.15, 0.2) is 84.9 Å². The van der Waals surface area contributed by atoms with Crippen molar-refractivity contribution in [1.82, 2.24) is 4.90 Å². The van der Waals surface area contributed by atoms with Gasteiger partial charge in [0.15, 0.2) is 0 Å². The van der Waals surface area contributed by atoms with Crippen LogP contribution in [0.1, 0.15) is 23.5 Å². The Bertz CT molecular complexity index is 838. The van der Waals surface area contributed by atoms with Crippen molar-refractivity contribution < 1.29 is 9.53 Å². The Morgan fingerprint density at radius 2 is 1.41 bits per heavy atom. The number of benzene rings is 3. The van der Waals surface area contributed by atoms with Gasteiger partial charge in [-0.1, -0.05) is 60.7 Å². The van der Waals surface area contributed by atoms with E-state index in [-0.39, 0.29) is 11.8 Å². The Labute approximate surface area is 173 Å². The fourth-order valence-electron chi connectivity index (χ4n) is 3.18. The molecule has 0 unspecified atom stereocenters. The number of rotatable bonds is 9. The second-order valence-corrected chi connectivity index (χ2v) is 7.30. The van der Waals surface area contributed by atoms with Crippen molar-refractivity contribution in [2.24, 2.45) is 0 Å². The minimum Gasteiger partial charge on any atom is -0.492 e. The summed E-state index contributed by atoms with van der Waals surface area (Å²) >= 11 is 0. The largest absolute Gasteiger partial charge is 0.492 e. The van der Waals surface area contributed by atoms with E-state index in [9.17, 15) is 4.79 Å². The topological polar surface area (TPSA) is 41.6 Å². The average molecular weight is 389 g/mol. The van der Waals surface area contributed by atoms with Gasteiger partial charge in [0.2, 0.25) is 5.91 Å². The van der Waals surface area contributed by atoms with Gasteiger partial charge in [0.1, 0.15) is 12.4 Å². The zero-order chi connectivity index (χ0) is 20.5. The first-order valence-electron chi connectivity index (χ1n) is 9.89. The summed E-state index contributed by atoms with van der Waals surface area (Å²) in [4.78, 5) is 14.8. The molecule has 0 aromatic heterocycles. The van der Waals surface area contributed by atoms with Crippen molar-refractivity contribution in [3.8, 4) is 5.75 Å². The highest BCUT2D eigenvalue weighted by Crippen LogP contribution is 2.28. The molecule has 0 aliphatic carbocycles. The molecule has 0 atom stereocenters. The molecule has 0 radical (unpaired) electrons. The van der Waals surface area contributed by atoms with Gasteiger partial charge >= 0.3 is 0 Å². The Balaban J connectivity index is 1.63. The molecule has 1 N–H and O–H groups in total. The Morgan fingerprint density at radius 3 is 1.93 bits per heavy atom. The quantitative estimate of drug-likeness (QED) is 0.573. The first kappa shape index (κ1) is 20.6. The lowest BCUT2D eigenvalue weighted by molar-refractivity contribution is -0.116. The van der Waals surface area contributed by atoms with Crippen molar-refractivity contribution in [3.63, 3.8) is 0 Å². The number of nitrogens with zero attached hydrogens (tertiary/aromatic N) is 1. The Morgan fingerprint density at radius 1 is 0.862 bits per heavy atom. The number of ether oxygens (including phenoxy) is 1. The third-order valence-corrected chi connectivity index (χ3v) is 4.74. The molecular formula is C25H28N2O2. The molecule has 3 rings (SSSR count). The molecule has 0 aliphatic heterocycles. The van der Waals surface area contributed by atoms with Crippen LogP contribution in [0.2, 0.25) is 0 Å². The molecule has 0 fully saturated rings. The van der Waals surface area contributed by atoms with E-state index in [1.165, 1.54) is 0 Å². The minimum atomic E-state index is -0.0102. The smallest absolute Gasteiger partial charge is 0.225 e. The molecule has 0 saturated heterocycles. The van der Waals surface area contributed by atoms with Gasteiger partial charge in [0, 0.05) is 24.6 Å². The van der Waals surface area contributed by atoms with E-state index in [1.54, 1.807) is 0 Å². The molecule has 3 aromatic rings. The number of hydrogen-bond acceptors (Lipinski definition) is 3. The molecule has 0 aliphatic rings.